The third-order valence-electron chi connectivity index (χ3n) is 3.70. The van der Waals surface area contributed by atoms with E-state index in [-0.39, 0.29) is 17.6 Å². The zero-order valence-electron chi connectivity index (χ0n) is 10.7. The second-order valence-electron chi connectivity index (χ2n) is 4.98. The Labute approximate surface area is 114 Å². The fourth-order valence-corrected chi connectivity index (χ4v) is 2.68. The van der Waals surface area contributed by atoms with Crippen LogP contribution >= 0.6 is 0 Å². The molecule has 2 aromatic rings. The molecule has 2 atom stereocenters. The molecule has 6 nitrogen and oxygen atoms in total. The number of carboxylic acid groups (broad SMARTS) is 1. The summed E-state index contributed by atoms with van der Waals surface area (Å²) in [6.45, 7) is 0.470. The first-order valence-corrected chi connectivity index (χ1v) is 6.48. The molecule has 0 amide bonds. The topological polar surface area (TPSA) is 98.0 Å². The number of aromatic amines is 2. The summed E-state index contributed by atoms with van der Waals surface area (Å²) in [5, 5.41) is 12.3. The highest BCUT2D eigenvalue weighted by molar-refractivity contribution is 5.71. The quantitative estimate of drug-likeness (QED) is 0.673. The predicted octanol–water partition coefficient (Wildman–Crippen LogP) is 1.11. The third-order valence-corrected chi connectivity index (χ3v) is 3.70. The van der Waals surface area contributed by atoms with E-state index in [9.17, 15) is 9.59 Å². The molecule has 3 rings (SSSR count). The zero-order chi connectivity index (χ0) is 14.1. The summed E-state index contributed by atoms with van der Waals surface area (Å²) < 4.78 is 0. The Hall–Kier alpha value is -2.34. The Morgan fingerprint density at radius 3 is 2.75 bits per heavy atom. The summed E-state index contributed by atoms with van der Waals surface area (Å²) in [5.74, 6) is -1.13. The monoisotopic (exact) mass is 273 g/mol. The van der Waals surface area contributed by atoms with Crippen molar-refractivity contribution in [3.8, 4) is 11.3 Å². The summed E-state index contributed by atoms with van der Waals surface area (Å²) in [6, 6.07) is 7.69. The van der Waals surface area contributed by atoms with Gasteiger partial charge in [0, 0.05) is 24.3 Å². The van der Waals surface area contributed by atoms with Crippen molar-refractivity contribution in [2.45, 2.75) is 12.5 Å². The minimum atomic E-state index is -0.771. The lowest BCUT2D eigenvalue weighted by molar-refractivity contribution is -0.141. The minimum Gasteiger partial charge on any atom is -0.481 e. The van der Waals surface area contributed by atoms with Crippen molar-refractivity contribution in [3.05, 3.63) is 46.5 Å². The third kappa shape index (κ3) is 2.25. The van der Waals surface area contributed by atoms with Gasteiger partial charge in [0.15, 0.2) is 0 Å². The van der Waals surface area contributed by atoms with Crippen LogP contribution in [0.3, 0.4) is 0 Å². The summed E-state index contributed by atoms with van der Waals surface area (Å²) in [4.78, 5) is 27.6. The maximum Gasteiger partial charge on any atom is 0.323 e. The Kier molecular flexibility index (Phi) is 3.15. The number of carbonyl (C=O) groups is 1. The number of nitrogens with one attached hydrogen (secondary N) is 3. The van der Waals surface area contributed by atoms with Gasteiger partial charge in [-0.05, 0) is 12.0 Å². The Morgan fingerprint density at radius 2 is 2.10 bits per heavy atom. The van der Waals surface area contributed by atoms with Crippen molar-refractivity contribution in [2.75, 3.05) is 6.54 Å². The highest BCUT2D eigenvalue weighted by Gasteiger charge is 2.31. The number of benzene rings is 1. The van der Waals surface area contributed by atoms with Crippen LogP contribution in [0.4, 0.5) is 0 Å². The smallest absolute Gasteiger partial charge is 0.323 e. The van der Waals surface area contributed by atoms with Crippen molar-refractivity contribution in [2.24, 2.45) is 5.92 Å². The van der Waals surface area contributed by atoms with Crippen LogP contribution < -0.4 is 11.0 Å². The SMILES string of the molecule is O=C(O)C1CNC(c2ccccc2-c2c[nH]c(=O)[nH]2)C1. The Balaban J connectivity index is 1.95. The van der Waals surface area contributed by atoms with E-state index in [0.717, 1.165) is 11.1 Å². The Morgan fingerprint density at radius 1 is 1.30 bits per heavy atom. The molecule has 6 heteroatoms. The molecule has 0 spiro atoms. The van der Waals surface area contributed by atoms with Crippen molar-refractivity contribution in [3.63, 3.8) is 0 Å². The van der Waals surface area contributed by atoms with E-state index in [4.69, 9.17) is 5.11 Å². The van der Waals surface area contributed by atoms with Crippen molar-refractivity contribution in [1.82, 2.24) is 15.3 Å². The number of aliphatic carboxylic acids is 1. The largest absolute Gasteiger partial charge is 0.481 e. The molecule has 1 fully saturated rings. The summed E-state index contributed by atoms with van der Waals surface area (Å²) in [7, 11) is 0. The molecular weight excluding hydrogens is 258 g/mol. The molecule has 2 heterocycles. The van der Waals surface area contributed by atoms with Crippen molar-refractivity contribution >= 4 is 5.97 Å². The zero-order valence-corrected chi connectivity index (χ0v) is 10.7. The molecule has 1 aromatic carbocycles. The first-order valence-electron chi connectivity index (χ1n) is 6.48. The number of rotatable bonds is 3. The van der Waals surface area contributed by atoms with Crippen LogP contribution in [-0.4, -0.2) is 27.6 Å². The van der Waals surface area contributed by atoms with Gasteiger partial charge in [-0.2, -0.15) is 0 Å². The van der Waals surface area contributed by atoms with Crippen LogP contribution in [0.1, 0.15) is 18.0 Å². The molecule has 20 heavy (non-hydrogen) atoms. The lowest BCUT2D eigenvalue weighted by Crippen LogP contribution is -2.17. The van der Waals surface area contributed by atoms with Crippen LogP contribution in [0.5, 0.6) is 0 Å². The van der Waals surface area contributed by atoms with E-state index >= 15 is 0 Å². The van der Waals surface area contributed by atoms with E-state index in [1.165, 1.54) is 0 Å². The van der Waals surface area contributed by atoms with Gasteiger partial charge in [-0.1, -0.05) is 24.3 Å². The molecule has 1 saturated heterocycles. The van der Waals surface area contributed by atoms with Gasteiger partial charge in [0.1, 0.15) is 0 Å². The molecular formula is C14H15N3O3. The van der Waals surface area contributed by atoms with Gasteiger partial charge < -0.3 is 20.4 Å². The number of carboxylic acids is 1. The molecule has 1 aromatic heterocycles. The predicted molar refractivity (Wildman–Crippen MR) is 73.3 cm³/mol. The van der Waals surface area contributed by atoms with Gasteiger partial charge >= 0.3 is 11.7 Å². The molecule has 0 bridgehead atoms. The molecule has 1 aliphatic heterocycles. The van der Waals surface area contributed by atoms with Gasteiger partial charge in [0.2, 0.25) is 0 Å². The number of hydrogen-bond acceptors (Lipinski definition) is 3. The normalized spacial score (nSPS) is 22.0. The first-order chi connectivity index (χ1) is 9.65. The average Bonchev–Trinajstić information content (AvgIpc) is 3.07. The van der Waals surface area contributed by atoms with Crippen LogP contribution in [0, 0.1) is 5.92 Å². The van der Waals surface area contributed by atoms with Gasteiger partial charge in [0.05, 0.1) is 11.6 Å². The maximum absolute atomic E-state index is 11.2. The second kappa shape index (κ2) is 4.97. The number of imidazole rings is 1. The fraction of sp³-hybridized carbons (Fsp3) is 0.286. The second-order valence-corrected chi connectivity index (χ2v) is 4.98. The van der Waals surface area contributed by atoms with Crippen molar-refractivity contribution in [1.29, 1.82) is 0 Å². The van der Waals surface area contributed by atoms with E-state index in [2.05, 4.69) is 15.3 Å². The summed E-state index contributed by atoms with van der Waals surface area (Å²) >= 11 is 0. The van der Waals surface area contributed by atoms with E-state index in [1.807, 2.05) is 24.3 Å². The van der Waals surface area contributed by atoms with Gasteiger partial charge in [-0.3, -0.25) is 4.79 Å². The number of aromatic nitrogens is 2. The molecule has 0 aliphatic carbocycles. The minimum absolute atomic E-state index is 0.00861. The molecule has 4 N–H and O–H groups in total. The van der Waals surface area contributed by atoms with Crippen LogP contribution in [0.25, 0.3) is 11.3 Å². The highest BCUT2D eigenvalue weighted by atomic mass is 16.4. The van der Waals surface area contributed by atoms with E-state index < -0.39 is 5.97 Å². The van der Waals surface area contributed by atoms with Gasteiger partial charge in [-0.25, -0.2) is 4.79 Å². The molecule has 0 saturated carbocycles. The number of hydrogen-bond donors (Lipinski definition) is 4. The molecule has 104 valence electrons. The molecule has 1 aliphatic rings. The molecule has 2 unspecified atom stereocenters. The average molecular weight is 273 g/mol. The van der Waals surface area contributed by atoms with Crippen LogP contribution in [-0.2, 0) is 4.79 Å². The summed E-state index contributed by atoms with van der Waals surface area (Å²) in [6.07, 6.45) is 2.19. The Bertz CT molecular complexity index is 689. The lowest BCUT2D eigenvalue weighted by Gasteiger charge is -2.14. The number of H-pyrrole nitrogens is 2. The first kappa shape index (κ1) is 12.7. The van der Waals surface area contributed by atoms with Crippen LogP contribution in [0.15, 0.2) is 35.3 Å². The van der Waals surface area contributed by atoms with E-state index in [1.54, 1.807) is 6.20 Å². The van der Waals surface area contributed by atoms with Gasteiger partial charge in [-0.15, -0.1) is 0 Å². The van der Waals surface area contributed by atoms with Gasteiger partial charge in [0.25, 0.3) is 0 Å². The maximum atomic E-state index is 11.2. The molecule has 0 radical (unpaired) electrons. The summed E-state index contributed by atoms with van der Waals surface area (Å²) in [5.41, 5.74) is 2.38. The standard InChI is InChI=1S/C14H15N3O3/c18-13(19)8-5-11(15-6-8)9-3-1-2-4-10(9)12-7-16-14(20)17-12/h1-4,7-8,11,15H,5-6H2,(H,18,19)(H2,16,17,20). The van der Waals surface area contributed by atoms with E-state index in [0.29, 0.717) is 18.7 Å². The fourth-order valence-electron chi connectivity index (χ4n) is 2.68. The van der Waals surface area contributed by atoms with Crippen LogP contribution in [0.2, 0.25) is 0 Å². The van der Waals surface area contributed by atoms with Crippen molar-refractivity contribution < 1.29 is 9.90 Å². The highest BCUT2D eigenvalue weighted by Crippen LogP contribution is 2.33. The lowest BCUT2D eigenvalue weighted by atomic mass is 9.95.